The number of carbonyl (C=O) groups is 1. The van der Waals surface area contributed by atoms with Crippen LogP contribution in [0.25, 0.3) is 0 Å². The van der Waals surface area contributed by atoms with Crippen molar-refractivity contribution in [1.29, 1.82) is 0 Å². The summed E-state index contributed by atoms with van der Waals surface area (Å²) < 4.78 is 5.17. The van der Waals surface area contributed by atoms with Crippen molar-refractivity contribution < 1.29 is 9.53 Å². The molecule has 1 N–H and O–H groups in total. The molecule has 102 valence electrons. The fourth-order valence-electron chi connectivity index (χ4n) is 1.10. The molecule has 0 radical (unpaired) electrons. The van der Waals surface area contributed by atoms with Crippen molar-refractivity contribution in [1.82, 2.24) is 5.32 Å². The summed E-state index contributed by atoms with van der Waals surface area (Å²) in [5.74, 6) is 0. The molecule has 3 nitrogen and oxygen atoms in total. The van der Waals surface area contributed by atoms with Gasteiger partial charge in [-0.05, 0) is 47.1 Å². The Balaban J connectivity index is 4.47. The fraction of sp³-hybridized carbons (Fsp3) is 0.533. The molecule has 0 unspecified atom stereocenters. The Hall–Kier alpha value is -1.51. The maximum absolute atomic E-state index is 11.5. The van der Waals surface area contributed by atoms with Crippen molar-refractivity contribution in [2.75, 3.05) is 6.54 Å². The van der Waals surface area contributed by atoms with Gasteiger partial charge in [0, 0.05) is 6.54 Å². The standard InChI is InChI=1S/C15H25NO2/c1-11(2)8-9-13(12(3)4)10-16-14(17)18-15(5,6)7/h8-9H,3,10H2,1-2,4-7H3,(H,16,17)/b13-9-. The van der Waals surface area contributed by atoms with E-state index in [2.05, 4.69) is 11.9 Å². The van der Waals surface area contributed by atoms with Crippen LogP contribution in [0.5, 0.6) is 0 Å². The Morgan fingerprint density at radius 3 is 2.17 bits per heavy atom. The number of rotatable bonds is 4. The quantitative estimate of drug-likeness (QED) is 0.767. The van der Waals surface area contributed by atoms with Gasteiger partial charge < -0.3 is 10.1 Å². The van der Waals surface area contributed by atoms with E-state index >= 15 is 0 Å². The lowest BCUT2D eigenvalue weighted by atomic mass is 10.1. The Labute approximate surface area is 111 Å². The molecule has 0 aliphatic heterocycles. The molecule has 0 fully saturated rings. The highest BCUT2D eigenvalue weighted by Crippen LogP contribution is 2.09. The normalized spacial score (nSPS) is 11.8. The molecule has 0 aliphatic carbocycles. The van der Waals surface area contributed by atoms with Gasteiger partial charge in [-0.25, -0.2) is 4.79 Å². The topological polar surface area (TPSA) is 38.3 Å². The average Bonchev–Trinajstić information content (AvgIpc) is 2.13. The minimum atomic E-state index is -0.475. The first-order chi connectivity index (χ1) is 8.11. The molecule has 0 aromatic rings. The molecule has 1 amide bonds. The van der Waals surface area contributed by atoms with Crippen LogP contribution in [0.2, 0.25) is 0 Å². The number of alkyl carbamates (subject to hydrolysis) is 1. The highest BCUT2D eigenvalue weighted by atomic mass is 16.6. The zero-order chi connectivity index (χ0) is 14.3. The van der Waals surface area contributed by atoms with Crippen LogP contribution in [0.4, 0.5) is 4.79 Å². The van der Waals surface area contributed by atoms with Crippen LogP contribution in [0.3, 0.4) is 0 Å². The number of carbonyl (C=O) groups excluding carboxylic acids is 1. The van der Waals surface area contributed by atoms with Crippen LogP contribution in [-0.4, -0.2) is 18.2 Å². The molecule has 0 atom stereocenters. The van der Waals surface area contributed by atoms with E-state index in [0.717, 1.165) is 11.1 Å². The number of hydrogen-bond acceptors (Lipinski definition) is 2. The van der Waals surface area contributed by atoms with Gasteiger partial charge in [0.05, 0.1) is 0 Å². The molecule has 0 aromatic heterocycles. The molecular formula is C15H25NO2. The number of hydrogen-bond donors (Lipinski definition) is 1. The van der Waals surface area contributed by atoms with Gasteiger partial charge in [0.15, 0.2) is 0 Å². The van der Waals surface area contributed by atoms with Crippen molar-refractivity contribution in [2.45, 2.75) is 47.1 Å². The largest absolute Gasteiger partial charge is 0.444 e. The van der Waals surface area contributed by atoms with E-state index in [-0.39, 0.29) is 0 Å². The molecule has 0 rings (SSSR count). The SMILES string of the molecule is C=C(C)/C(=C\C=C(C)C)CNC(=O)OC(C)(C)C. The van der Waals surface area contributed by atoms with Crippen LogP contribution >= 0.6 is 0 Å². The van der Waals surface area contributed by atoms with Gasteiger partial charge in [-0.2, -0.15) is 0 Å². The second-order valence-corrected chi connectivity index (χ2v) is 5.57. The maximum atomic E-state index is 11.5. The molecule has 0 aromatic carbocycles. The minimum absolute atomic E-state index is 0.410. The summed E-state index contributed by atoms with van der Waals surface area (Å²) in [5.41, 5.74) is 2.65. The molecule has 0 saturated heterocycles. The third-order valence-corrected chi connectivity index (χ3v) is 1.99. The second kappa shape index (κ2) is 7.04. The van der Waals surface area contributed by atoms with Gasteiger partial charge >= 0.3 is 6.09 Å². The molecular weight excluding hydrogens is 226 g/mol. The smallest absolute Gasteiger partial charge is 0.407 e. The summed E-state index contributed by atoms with van der Waals surface area (Å²) in [6.07, 6.45) is 3.56. The summed E-state index contributed by atoms with van der Waals surface area (Å²) in [7, 11) is 0. The Morgan fingerprint density at radius 2 is 1.78 bits per heavy atom. The van der Waals surface area contributed by atoms with E-state index in [4.69, 9.17) is 4.74 Å². The predicted octanol–water partition coefficient (Wildman–Crippen LogP) is 3.98. The van der Waals surface area contributed by atoms with Gasteiger partial charge in [-0.15, -0.1) is 0 Å². The Bertz CT molecular complexity index is 366. The van der Waals surface area contributed by atoms with Gasteiger partial charge in [0.1, 0.15) is 5.60 Å². The fourth-order valence-corrected chi connectivity index (χ4v) is 1.10. The molecule has 0 spiro atoms. The van der Waals surface area contributed by atoms with E-state index in [0.29, 0.717) is 6.54 Å². The molecule has 0 saturated carbocycles. The third kappa shape index (κ3) is 8.62. The zero-order valence-corrected chi connectivity index (χ0v) is 12.4. The van der Waals surface area contributed by atoms with Gasteiger partial charge in [0.2, 0.25) is 0 Å². The van der Waals surface area contributed by atoms with Crippen LogP contribution in [-0.2, 0) is 4.74 Å². The Kier molecular flexibility index (Phi) is 6.45. The molecule has 0 bridgehead atoms. The number of allylic oxidation sites excluding steroid dienone is 3. The summed E-state index contributed by atoms with van der Waals surface area (Å²) in [4.78, 5) is 11.5. The lowest BCUT2D eigenvalue weighted by Crippen LogP contribution is -2.33. The number of ether oxygens (including phenoxy) is 1. The summed E-state index contributed by atoms with van der Waals surface area (Å²) >= 11 is 0. The molecule has 0 heterocycles. The highest BCUT2D eigenvalue weighted by Gasteiger charge is 2.15. The summed E-state index contributed by atoms with van der Waals surface area (Å²) in [6.45, 7) is 15.8. The van der Waals surface area contributed by atoms with E-state index < -0.39 is 11.7 Å². The lowest BCUT2D eigenvalue weighted by molar-refractivity contribution is 0.0533. The molecule has 3 heteroatoms. The van der Waals surface area contributed by atoms with Crippen LogP contribution < -0.4 is 5.32 Å². The molecule has 0 aliphatic rings. The first-order valence-electron chi connectivity index (χ1n) is 6.08. The van der Waals surface area contributed by atoms with Crippen LogP contribution in [0, 0.1) is 0 Å². The maximum Gasteiger partial charge on any atom is 0.407 e. The first kappa shape index (κ1) is 16.5. The van der Waals surface area contributed by atoms with E-state index in [1.54, 1.807) is 0 Å². The van der Waals surface area contributed by atoms with Crippen LogP contribution in [0.15, 0.2) is 35.5 Å². The van der Waals surface area contributed by atoms with Gasteiger partial charge in [-0.3, -0.25) is 0 Å². The van der Waals surface area contributed by atoms with Crippen molar-refractivity contribution in [3.63, 3.8) is 0 Å². The molecule has 18 heavy (non-hydrogen) atoms. The average molecular weight is 251 g/mol. The summed E-state index contributed by atoms with van der Waals surface area (Å²) in [5, 5.41) is 2.72. The van der Waals surface area contributed by atoms with E-state index in [9.17, 15) is 4.79 Å². The van der Waals surface area contributed by atoms with Crippen LogP contribution in [0.1, 0.15) is 41.5 Å². The van der Waals surface area contributed by atoms with Crippen molar-refractivity contribution >= 4 is 6.09 Å². The monoisotopic (exact) mass is 251 g/mol. The minimum Gasteiger partial charge on any atom is -0.444 e. The van der Waals surface area contributed by atoms with E-state index in [1.807, 2.05) is 53.7 Å². The number of amides is 1. The Morgan fingerprint density at radius 1 is 1.22 bits per heavy atom. The highest BCUT2D eigenvalue weighted by molar-refractivity contribution is 5.68. The zero-order valence-electron chi connectivity index (χ0n) is 12.4. The lowest BCUT2D eigenvalue weighted by Gasteiger charge is -2.20. The third-order valence-electron chi connectivity index (χ3n) is 1.99. The predicted molar refractivity (Wildman–Crippen MR) is 76.6 cm³/mol. The number of nitrogens with one attached hydrogen (secondary N) is 1. The van der Waals surface area contributed by atoms with Crippen molar-refractivity contribution in [3.8, 4) is 0 Å². The van der Waals surface area contributed by atoms with Gasteiger partial charge in [-0.1, -0.05) is 29.9 Å². The summed E-state index contributed by atoms with van der Waals surface area (Å²) in [6, 6.07) is 0. The first-order valence-corrected chi connectivity index (χ1v) is 6.08. The van der Waals surface area contributed by atoms with Gasteiger partial charge in [0.25, 0.3) is 0 Å². The van der Waals surface area contributed by atoms with Crippen molar-refractivity contribution in [2.24, 2.45) is 0 Å². The second-order valence-electron chi connectivity index (χ2n) is 5.57. The van der Waals surface area contributed by atoms with Crippen molar-refractivity contribution in [3.05, 3.63) is 35.5 Å². The van der Waals surface area contributed by atoms with E-state index in [1.165, 1.54) is 5.57 Å².